The summed E-state index contributed by atoms with van der Waals surface area (Å²) >= 11 is 4.61. The number of hydrogen-bond donors (Lipinski definition) is 0. The number of rotatable bonds is 3. The zero-order valence-electron chi connectivity index (χ0n) is 14.7. The lowest BCUT2D eigenvalue weighted by atomic mass is 10.2. The molecule has 6 nitrogen and oxygen atoms in total. The zero-order valence-corrected chi connectivity index (χ0v) is 17.1. The number of nitrogens with zero attached hydrogens (tertiary/aromatic N) is 3. The summed E-state index contributed by atoms with van der Waals surface area (Å²) in [7, 11) is 1.73. The predicted molar refractivity (Wildman–Crippen MR) is 111 cm³/mol. The quantitative estimate of drug-likeness (QED) is 0.662. The van der Waals surface area contributed by atoms with Crippen molar-refractivity contribution in [2.24, 2.45) is 4.99 Å². The van der Waals surface area contributed by atoms with E-state index in [0.717, 1.165) is 37.7 Å². The summed E-state index contributed by atoms with van der Waals surface area (Å²) in [5.74, 6) is 0.540. The van der Waals surface area contributed by atoms with Crippen molar-refractivity contribution in [3.05, 3.63) is 51.7 Å². The highest BCUT2D eigenvalue weighted by Gasteiger charge is 2.30. The van der Waals surface area contributed by atoms with Crippen molar-refractivity contribution < 1.29 is 13.9 Å². The molecule has 0 radical (unpaired) electrons. The Morgan fingerprint density at radius 1 is 1.15 bits per heavy atom. The molecule has 1 aromatic heterocycles. The molecule has 1 amide bonds. The van der Waals surface area contributed by atoms with E-state index in [1.165, 1.54) is 11.8 Å². The minimum atomic E-state index is -0.0868. The van der Waals surface area contributed by atoms with Gasteiger partial charge in [0.05, 0.1) is 23.8 Å². The van der Waals surface area contributed by atoms with Gasteiger partial charge in [-0.25, -0.2) is 4.99 Å². The predicted octanol–water partition coefficient (Wildman–Crippen LogP) is 4.11. The Morgan fingerprint density at radius 2 is 1.89 bits per heavy atom. The van der Waals surface area contributed by atoms with Gasteiger partial charge in [-0.3, -0.25) is 9.69 Å². The van der Waals surface area contributed by atoms with Gasteiger partial charge in [-0.1, -0.05) is 0 Å². The van der Waals surface area contributed by atoms with Crippen LogP contribution >= 0.6 is 27.7 Å². The highest BCUT2D eigenvalue weighted by Crippen LogP contribution is 2.34. The second-order valence-electron chi connectivity index (χ2n) is 6.13. The summed E-state index contributed by atoms with van der Waals surface area (Å²) in [6.45, 7) is 3.32. The second kappa shape index (κ2) is 7.92. The first-order valence-electron chi connectivity index (χ1n) is 8.54. The van der Waals surface area contributed by atoms with Crippen molar-refractivity contribution in [3.8, 4) is 0 Å². The van der Waals surface area contributed by atoms with Crippen molar-refractivity contribution in [3.63, 3.8) is 0 Å². The summed E-state index contributed by atoms with van der Waals surface area (Å²) in [6.07, 6.45) is 1.73. The molecule has 0 unspecified atom stereocenters. The monoisotopic (exact) mass is 447 g/mol. The molecule has 2 aliphatic rings. The number of amides is 1. The molecule has 0 saturated carbocycles. The van der Waals surface area contributed by atoms with Crippen LogP contribution in [0, 0.1) is 0 Å². The summed E-state index contributed by atoms with van der Waals surface area (Å²) in [4.78, 5) is 21.5. The number of furan rings is 1. The molecule has 3 heterocycles. The third-order valence-electron chi connectivity index (χ3n) is 4.32. The molecule has 1 aromatic carbocycles. The third-order valence-corrected chi connectivity index (χ3v) is 5.81. The lowest BCUT2D eigenvalue weighted by Gasteiger charge is -2.28. The first-order valence-corrected chi connectivity index (χ1v) is 10.2. The van der Waals surface area contributed by atoms with Crippen molar-refractivity contribution >= 4 is 56.2 Å². The van der Waals surface area contributed by atoms with Crippen molar-refractivity contribution in [2.45, 2.75) is 0 Å². The lowest BCUT2D eigenvalue weighted by Crippen LogP contribution is -2.36. The van der Waals surface area contributed by atoms with Crippen LogP contribution < -0.4 is 4.90 Å². The maximum Gasteiger partial charge on any atom is 0.266 e. The average molecular weight is 448 g/mol. The Morgan fingerprint density at radius 3 is 2.56 bits per heavy atom. The molecule has 2 aromatic rings. The number of carbonyl (C=O) groups excluding carboxylic acids is 1. The number of benzene rings is 1. The van der Waals surface area contributed by atoms with Gasteiger partial charge >= 0.3 is 0 Å². The van der Waals surface area contributed by atoms with Crippen molar-refractivity contribution in [2.75, 3.05) is 38.3 Å². The van der Waals surface area contributed by atoms with E-state index in [2.05, 4.69) is 38.0 Å². The molecule has 0 N–H and O–H groups in total. The van der Waals surface area contributed by atoms with Gasteiger partial charge in [0.2, 0.25) is 0 Å². The van der Waals surface area contributed by atoms with Crippen LogP contribution in [-0.4, -0.2) is 49.3 Å². The average Bonchev–Trinajstić information content (AvgIpc) is 3.22. The Bertz CT molecular complexity index is 901. The van der Waals surface area contributed by atoms with Gasteiger partial charge in [-0.15, -0.1) is 0 Å². The zero-order chi connectivity index (χ0) is 18.8. The molecule has 2 saturated heterocycles. The highest BCUT2D eigenvalue weighted by atomic mass is 79.9. The Labute approximate surface area is 170 Å². The van der Waals surface area contributed by atoms with Gasteiger partial charge in [-0.2, -0.15) is 0 Å². The van der Waals surface area contributed by atoms with E-state index in [1.807, 2.05) is 18.2 Å². The lowest BCUT2D eigenvalue weighted by molar-refractivity contribution is -0.121. The molecule has 0 spiro atoms. The maximum atomic E-state index is 12.5. The molecular weight excluding hydrogens is 430 g/mol. The summed E-state index contributed by atoms with van der Waals surface area (Å²) in [5, 5.41) is 0.649. The number of thioether (sulfide) groups is 1. The number of carbonyl (C=O) groups is 1. The van der Waals surface area contributed by atoms with E-state index in [4.69, 9.17) is 9.15 Å². The number of halogens is 1. The number of hydrogen-bond acceptors (Lipinski definition) is 6. The van der Waals surface area contributed by atoms with Gasteiger partial charge in [-0.05, 0) is 64.1 Å². The van der Waals surface area contributed by atoms with Crippen LogP contribution in [0.1, 0.15) is 5.76 Å². The summed E-state index contributed by atoms with van der Waals surface area (Å²) in [6, 6.07) is 11.7. The van der Waals surface area contributed by atoms with E-state index in [-0.39, 0.29) is 5.91 Å². The maximum absolute atomic E-state index is 12.5. The SMILES string of the molecule is CN1C(=O)/C(=C/c2ccc(Br)o2)SC1=Nc1ccc(N2CCOCC2)cc1. The smallest absolute Gasteiger partial charge is 0.266 e. The molecule has 8 heteroatoms. The number of likely N-dealkylation sites (N-methyl/N-ethyl adjacent to an activating group) is 1. The highest BCUT2D eigenvalue weighted by molar-refractivity contribution is 9.10. The molecule has 0 bridgehead atoms. The first kappa shape index (κ1) is 18.3. The fraction of sp³-hybridized carbons (Fsp3) is 0.263. The third kappa shape index (κ3) is 4.12. The number of morpholine rings is 1. The molecule has 0 atom stereocenters. The molecular formula is C19H18BrN3O3S. The Kier molecular flexibility index (Phi) is 5.38. The van der Waals surface area contributed by atoms with Crippen LogP contribution in [0.15, 0.2) is 55.4 Å². The van der Waals surface area contributed by atoms with Gasteiger partial charge < -0.3 is 14.1 Å². The number of aliphatic imine (C=N–C) groups is 1. The van der Waals surface area contributed by atoms with Crippen LogP contribution in [0.4, 0.5) is 11.4 Å². The van der Waals surface area contributed by atoms with Gasteiger partial charge in [0.1, 0.15) is 5.76 Å². The standard InChI is InChI=1S/C19H18BrN3O3S/c1-22-18(24)16(12-15-6-7-17(20)26-15)27-19(22)21-13-2-4-14(5-3-13)23-8-10-25-11-9-23/h2-7,12H,8-11H2,1H3/b16-12-,21-19?. The van der Waals surface area contributed by atoms with E-state index < -0.39 is 0 Å². The van der Waals surface area contributed by atoms with Gasteiger partial charge in [0.15, 0.2) is 9.84 Å². The normalized spacial score (nSPS) is 20.9. The molecule has 2 aliphatic heterocycles. The fourth-order valence-electron chi connectivity index (χ4n) is 2.86. The van der Waals surface area contributed by atoms with E-state index in [9.17, 15) is 4.79 Å². The van der Waals surface area contributed by atoms with E-state index in [1.54, 1.807) is 24.1 Å². The molecule has 4 rings (SSSR count). The van der Waals surface area contributed by atoms with E-state index >= 15 is 0 Å². The van der Waals surface area contributed by atoms with Gasteiger partial charge in [0.25, 0.3) is 5.91 Å². The van der Waals surface area contributed by atoms with Crippen LogP contribution in [0.5, 0.6) is 0 Å². The summed E-state index contributed by atoms with van der Waals surface area (Å²) in [5.41, 5.74) is 1.98. The van der Waals surface area contributed by atoms with Gasteiger partial charge in [0, 0.05) is 31.9 Å². The molecule has 2 fully saturated rings. The van der Waals surface area contributed by atoms with Crippen molar-refractivity contribution in [1.82, 2.24) is 4.90 Å². The van der Waals surface area contributed by atoms with Crippen LogP contribution in [-0.2, 0) is 9.53 Å². The minimum absolute atomic E-state index is 0.0868. The largest absolute Gasteiger partial charge is 0.450 e. The van der Waals surface area contributed by atoms with Crippen molar-refractivity contribution in [1.29, 1.82) is 0 Å². The van der Waals surface area contributed by atoms with E-state index in [0.29, 0.717) is 20.5 Å². The summed E-state index contributed by atoms with van der Waals surface area (Å²) < 4.78 is 11.5. The number of anilines is 1. The Balaban J connectivity index is 1.51. The molecule has 27 heavy (non-hydrogen) atoms. The molecule has 140 valence electrons. The number of amidine groups is 1. The Hall–Kier alpha value is -2.03. The second-order valence-corrected chi connectivity index (χ2v) is 7.92. The fourth-order valence-corrected chi connectivity index (χ4v) is 4.14. The number of ether oxygens (including phenoxy) is 1. The van der Waals surface area contributed by atoms with Crippen LogP contribution in [0.2, 0.25) is 0 Å². The molecule has 0 aliphatic carbocycles. The van der Waals surface area contributed by atoms with Crippen LogP contribution in [0.25, 0.3) is 6.08 Å². The van der Waals surface area contributed by atoms with Crippen LogP contribution in [0.3, 0.4) is 0 Å². The first-order chi connectivity index (χ1) is 13.1. The topological polar surface area (TPSA) is 58.3 Å². The minimum Gasteiger partial charge on any atom is -0.450 e.